The largest absolute Gasteiger partial charge is 0.417 e. The lowest BCUT2D eigenvalue weighted by Crippen LogP contribution is -2.30. The molecule has 3 heterocycles. The van der Waals surface area contributed by atoms with E-state index in [0.717, 1.165) is 17.3 Å². The van der Waals surface area contributed by atoms with Crippen molar-refractivity contribution in [1.29, 1.82) is 0 Å². The summed E-state index contributed by atoms with van der Waals surface area (Å²) in [5, 5.41) is 4.50. The summed E-state index contributed by atoms with van der Waals surface area (Å²) in [7, 11) is -2.48. The van der Waals surface area contributed by atoms with Crippen molar-refractivity contribution in [3.63, 3.8) is 0 Å². The lowest BCUT2D eigenvalue weighted by Gasteiger charge is -2.18. The molecule has 0 radical (unpaired) electrons. The highest BCUT2D eigenvalue weighted by Crippen LogP contribution is 2.32. The highest BCUT2D eigenvalue weighted by molar-refractivity contribution is 7.91. The molecule has 0 saturated heterocycles. The Balaban J connectivity index is 2.12. The van der Waals surface area contributed by atoms with Crippen LogP contribution in [0.2, 0.25) is 0 Å². The molecular formula is C20H20F6N6O2S. The first-order valence-electron chi connectivity index (χ1n) is 10.1. The maximum absolute atomic E-state index is 13.1. The minimum absolute atomic E-state index is 0.0467. The second-order valence-electron chi connectivity index (χ2n) is 7.42. The number of sulfone groups is 1. The Hall–Kier alpha value is -3.23. The van der Waals surface area contributed by atoms with Crippen molar-refractivity contribution in [2.24, 2.45) is 12.1 Å². The zero-order chi connectivity index (χ0) is 26.2. The Morgan fingerprint density at radius 2 is 1.77 bits per heavy atom. The molecule has 190 valence electrons. The van der Waals surface area contributed by atoms with Crippen LogP contribution < -0.4 is 0 Å². The highest BCUT2D eigenvalue weighted by Gasteiger charge is 2.32. The molecule has 0 N–H and O–H groups in total. The first-order valence-corrected chi connectivity index (χ1v) is 11.8. The topological polar surface area (TPSA) is 93.3 Å². The van der Waals surface area contributed by atoms with Gasteiger partial charge < -0.3 is 4.57 Å². The molecule has 0 aliphatic rings. The van der Waals surface area contributed by atoms with Gasteiger partial charge in [-0.3, -0.25) is 9.99 Å². The number of nitrogens with zero attached hydrogens (tertiary/aromatic N) is 6. The molecule has 0 bridgehead atoms. The number of halogens is 6. The predicted octanol–water partition coefficient (Wildman–Crippen LogP) is 4.06. The molecule has 0 aliphatic heterocycles. The molecule has 3 rings (SSSR count). The average Bonchev–Trinajstić information content (AvgIpc) is 3.10. The number of hydrogen-bond donors (Lipinski definition) is 0. The molecule has 0 aliphatic carbocycles. The van der Waals surface area contributed by atoms with Gasteiger partial charge in [0.1, 0.15) is 17.8 Å². The first kappa shape index (κ1) is 26.4. The van der Waals surface area contributed by atoms with Crippen molar-refractivity contribution in [2.45, 2.75) is 31.1 Å². The van der Waals surface area contributed by atoms with Crippen LogP contribution in [-0.2, 0) is 23.1 Å². The molecule has 0 amide bonds. The van der Waals surface area contributed by atoms with E-state index in [1.807, 2.05) is 0 Å². The molecule has 8 nitrogen and oxygen atoms in total. The third-order valence-corrected chi connectivity index (χ3v) is 6.68. The minimum atomic E-state index is -4.65. The summed E-state index contributed by atoms with van der Waals surface area (Å²) < 4.78 is 104. The fraction of sp³-hybridized carbons (Fsp3) is 0.400. The quantitative estimate of drug-likeness (QED) is 0.264. The molecule has 0 aromatic carbocycles. The number of aryl methyl sites for hydroxylation is 1. The van der Waals surface area contributed by atoms with Crippen LogP contribution in [-0.4, -0.2) is 64.2 Å². The summed E-state index contributed by atoms with van der Waals surface area (Å²) in [5.74, 6) is -0.382. The minimum Gasteiger partial charge on any atom is -0.310 e. The van der Waals surface area contributed by atoms with Gasteiger partial charge in [-0.2, -0.15) is 31.4 Å². The summed E-state index contributed by atoms with van der Waals surface area (Å²) >= 11 is 0. The number of fused-ring (bicyclic) bond motifs is 1. The summed E-state index contributed by atoms with van der Waals surface area (Å²) in [6.07, 6.45) is -6.25. The Kier molecular flexibility index (Phi) is 7.11. The smallest absolute Gasteiger partial charge is 0.310 e. The monoisotopic (exact) mass is 522 g/mol. The van der Waals surface area contributed by atoms with Crippen molar-refractivity contribution < 1.29 is 34.8 Å². The normalized spacial score (nSPS) is 13.2. The number of pyridine rings is 2. The molecule has 0 fully saturated rings. The zero-order valence-electron chi connectivity index (χ0n) is 18.7. The lowest BCUT2D eigenvalue weighted by atomic mass is 10.2. The standard InChI is InChI=1S/C20H20F6N6O2S/c1-4-32(11-19(21,22)23)29-9-12-6-15(35(33,34)5-2)16(27-8-12)18-30-14-7-13(20(24,25)26)10-28-17(14)31(18)3/h6-10H,4-5,11H2,1-3H3/b29-9+. The van der Waals surface area contributed by atoms with Gasteiger partial charge in [-0.1, -0.05) is 6.92 Å². The summed E-state index contributed by atoms with van der Waals surface area (Å²) in [4.78, 5) is 11.8. The SMILES string of the molecule is CCN(CC(F)(F)F)/N=C/c1cnc(-c2nc3cc(C(F)(F)F)cnc3n2C)c(S(=O)(=O)CC)c1. The molecule has 15 heteroatoms. The van der Waals surface area contributed by atoms with Crippen LogP contribution in [0.25, 0.3) is 22.7 Å². The van der Waals surface area contributed by atoms with Crippen LogP contribution in [0.1, 0.15) is 25.0 Å². The third kappa shape index (κ3) is 5.89. The number of hydrazone groups is 1. The van der Waals surface area contributed by atoms with Crippen molar-refractivity contribution in [3.05, 3.63) is 35.7 Å². The molecule has 3 aromatic rings. The fourth-order valence-electron chi connectivity index (χ4n) is 3.12. The van der Waals surface area contributed by atoms with Gasteiger partial charge in [-0.15, -0.1) is 0 Å². The van der Waals surface area contributed by atoms with Crippen LogP contribution in [0.15, 0.2) is 34.5 Å². The molecule has 0 spiro atoms. The second-order valence-corrected chi connectivity index (χ2v) is 9.66. The van der Waals surface area contributed by atoms with E-state index >= 15 is 0 Å². The van der Waals surface area contributed by atoms with E-state index in [1.54, 1.807) is 0 Å². The van der Waals surface area contributed by atoms with E-state index < -0.39 is 34.3 Å². The van der Waals surface area contributed by atoms with Gasteiger partial charge in [0.25, 0.3) is 0 Å². The van der Waals surface area contributed by atoms with Gasteiger partial charge >= 0.3 is 12.4 Å². The van der Waals surface area contributed by atoms with Gasteiger partial charge in [-0.25, -0.2) is 18.4 Å². The number of hydrogen-bond acceptors (Lipinski definition) is 7. The summed E-state index contributed by atoms with van der Waals surface area (Å²) in [6.45, 7) is 1.52. The Labute approximate surface area is 196 Å². The number of imidazole rings is 1. The van der Waals surface area contributed by atoms with E-state index in [9.17, 15) is 34.8 Å². The van der Waals surface area contributed by atoms with E-state index in [4.69, 9.17) is 0 Å². The third-order valence-electron chi connectivity index (χ3n) is 4.93. The van der Waals surface area contributed by atoms with Gasteiger partial charge in [0, 0.05) is 31.5 Å². The Morgan fingerprint density at radius 3 is 2.34 bits per heavy atom. The maximum Gasteiger partial charge on any atom is 0.417 e. The summed E-state index contributed by atoms with van der Waals surface area (Å²) in [6, 6.07) is 1.97. The second kappa shape index (κ2) is 9.43. The number of aromatic nitrogens is 4. The van der Waals surface area contributed by atoms with E-state index in [-0.39, 0.29) is 45.4 Å². The Morgan fingerprint density at radius 1 is 1.09 bits per heavy atom. The molecule has 35 heavy (non-hydrogen) atoms. The van der Waals surface area contributed by atoms with Gasteiger partial charge in [0.2, 0.25) is 0 Å². The molecule has 0 unspecified atom stereocenters. The number of alkyl halides is 6. The zero-order valence-corrected chi connectivity index (χ0v) is 19.5. The number of rotatable bonds is 7. The predicted molar refractivity (Wildman–Crippen MR) is 115 cm³/mol. The molecule has 3 aromatic heterocycles. The lowest BCUT2D eigenvalue weighted by molar-refractivity contribution is -0.145. The van der Waals surface area contributed by atoms with Crippen molar-refractivity contribution in [1.82, 2.24) is 24.5 Å². The van der Waals surface area contributed by atoms with E-state index in [2.05, 4.69) is 20.1 Å². The van der Waals surface area contributed by atoms with Crippen LogP contribution in [0.5, 0.6) is 0 Å². The fourth-order valence-corrected chi connectivity index (χ4v) is 4.19. The van der Waals surface area contributed by atoms with Crippen molar-refractivity contribution in [2.75, 3.05) is 18.8 Å². The van der Waals surface area contributed by atoms with Crippen LogP contribution in [0.4, 0.5) is 26.3 Å². The van der Waals surface area contributed by atoms with Gasteiger partial charge in [0.05, 0.1) is 22.4 Å². The maximum atomic E-state index is 13.1. The van der Waals surface area contributed by atoms with Crippen LogP contribution >= 0.6 is 0 Å². The Bertz CT molecular complexity index is 1360. The molecular weight excluding hydrogens is 502 g/mol. The van der Waals surface area contributed by atoms with Gasteiger partial charge in [0.15, 0.2) is 21.3 Å². The van der Waals surface area contributed by atoms with Crippen molar-refractivity contribution >= 4 is 27.2 Å². The van der Waals surface area contributed by atoms with Crippen LogP contribution in [0, 0.1) is 0 Å². The molecule has 0 saturated carbocycles. The van der Waals surface area contributed by atoms with Gasteiger partial charge in [-0.05, 0) is 19.1 Å². The van der Waals surface area contributed by atoms with Crippen LogP contribution in [0.3, 0.4) is 0 Å². The van der Waals surface area contributed by atoms with E-state index in [0.29, 0.717) is 6.20 Å². The van der Waals surface area contributed by atoms with Crippen molar-refractivity contribution in [3.8, 4) is 11.5 Å². The average molecular weight is 522 g/mol. The van der Waals surface area contributed by atoms with E-state index in [1.165, 1.54) is 37.7 Å². The molecule has 0 atom stereocenters. The first-order chi connectivity index (χ1) is 16.2. The summed E-state index contributed by atoms with van der Waals surface area (Å²) in [5.41, 5.74) is -1.09. The highest BCUT2D eigenvalue weighted by atomic mass is 32.2.